The van der Waals surface area contributed by atoms with Crippen LogP contribution in [0.5, 0.6) is 0 Å². The Hall–Kier alpha value is -0.730. The molecule has 1 N–H and O–H groups in total. The molecule has 0 spiro atoms. The second kappa shape index (κ2) is 5.72. The highest BCUT2D eigenvalue weighted by atomic mass is 32.2. The van der Waals surface area contributed by atoms with E-state index in [1.54, 1.807) is 0 Å². The number of nitrogens with zero attached hydrogens (tertiary/aromatic N) is 3. The normalized spacial score (nSPS) is 21.7. The van der Waals surface area contributed by atoms with Crippen molar-refractivity contribution in [2.45, 2.75) is 38.6 Å². The van der Waals surface area contributed by atoms with Gasteiger partial charge in [0.05, 0.1) is 6.26 Å². The van der Waals surface area contributed by atoms with Crippen molar-refractivity contribution < 1.29 is 8.42 Å². The summed E-state index contributed by atoms with van der Waals surface area (Å²) in [5, 5.41) is 7.12. The zero-order valence-corrected chi connectivity index (χ0v) is 12.9. The van der Waals surface area contributed by atoms with Crippen molar-refractivity contribution in [1.82, 2.24) is 19.1 Å². The Morgan fingerprint density at radius 1 is 1.53 bits per heavy atom. The molecule has 8 heteroatoms. The maximum absolute atomic E-state index is 11.6. The van der Waals surface area contributed by atoms with E-state index in [-0.39, 0.29) is 5.92 Å². The van der Waals surface area contributed by atoms with E-state index in [1.165, 1.54) is 10.6 Å². The van der Waals surface area contributed by atoms with Crippen LogP contribution in [-0.4, -0.2) is 46.8 Å². The fraction of sp³-hybridized carbons (Fsp3) is 0.818. The summed E-state index contributed by atoms with van der Waals surface area (Å²) >= 11 is 5.22. The van der Waals surface area contributed by atoms with Crippen LogP contribution in [-0.2, 0) is 16.6 Å². The minimum Gasteiger partial charge on any atom is -0.304 e. The third kappa shape index (κ3) is 3.24. The van der Waals surface area contributed by atoms with Gasteiger partial charge in [-0.2, -0.15) is 5.10 Å². The lowest BCUT2D eigenvalue weighted by molar-refractivity contribution is 0.305. The van der Waals surface area contributed by atoms with Gasteiger partial charge in [0, 0.05) is 25.6 Å². The van der Waals surface area contributed by atoms with Gasteiger partial charge in [-0.25, -0.2) is 12.7 Å². The van der Waals surface area contributed by atoms with Crippen molar-refractivity contribution in [3.05, 3.63) is 10.6 Å². The van der Waals surface area contributed by atoms with Crippen LogP contribution in [0.2, 0.25) is 0 Å². The first-order chi connectivity index (χ1) is 8.93. The Bertz CT molecular complexity index is 590. The number of hydrogen-bond donors (Lipinski definition) is 1. The lowest BCUT2D eigenvalue weighted by Gasteiger charge is -2.30. The van der Waals surface area contributed by atoms with Gasteiger partial charge < -0.3 is 4.57 Å². The van der Waals surface area contributed by atoms with Gasteiger partial charge in [0.1, 0.15) is 5.82 Å². The zero-order valence-electron chi connectivity index (χ0n) is 11.3. The first kappa shape index (κ1) is 14.7. The Labute approximate surface area is 118 Å². The largest absolute Gasteiger partial charge is 0.304 e. The lowest BCUT2D eigenvalue weighted by Crippen LogP contribution is -2.39. The number of H-pyrrole nitrogens is 1. The summed E-state index contributed by atoms with van der Waals surface area (Å²) in [4.78, 5) is 0. The SMILES string of the molecule is CCCn1c(C2CCCN(S(C)(=O)=O)C2)n[nH]c1=S. The molecule has 0 aromatic carbocycles. The average molecular weight is 304 g/mol. The highest BCUT2D eigenvalue weighted by Crippen LogP contribution is 2.27. The molecule has 1 unspecified atom stereocenters. The first-order valence-corrected chi connectivity index (χ1v) is 8.79. The van der Waals surface area contributed by atoms with Crippen LogP contribution in [0.1, 0.15) is 37.9 Å². The van der Waals surface area contributed by atoms with E-state index in [4.69, 9.17) is 12.2 Å². The van der Waals surface area contributed by atoms with Crippen molar-refractivity contribution in [2.75, 3.05) is 19.3 Å². The molecular weight excluding hydrogens is 284 g/mol. The van der Waals surface area contributed by atoms with E-state index < -0.39 is 10.0 Å². The van der Waals surface area contributed by atoms with Gasteiger partial charge in [-0.3, -0.25) is 5.10 Å². The van der Waals surface area contributed by atoms with Gasteiger partial charge in [0.15, 0.2) is 4.77 Å². The number of sulfonamides is 1. The molecule has 1 aliphatic rings. The average Bonchev–Trinajstić information content (AvgIpc) is 2.71. The van der Waals surface area contributed by atoms with Crippen LogP contribution in [0.3, 0.4) is 0 Å². The summed E-state index contributed by atoms with van der Waals surface area (Å²) in [5.41, 5.74) is 0. The molecule has 0 radical (unpaired) electrons. The molecule has 2 rings (SSSR count). The van der Waals surface area contributed by atoms with Crippen LogP contribution in [0, 0.1) is 4.77 Å². The summed E-state index contributed by atoms with van der Waals surface area (Å²) in [6.45, 7) is 4.01. The first-order valence-electron chi connectivity index (χ1n) is 6.53. The van der Waals surface area contributed by atoms with Crippen LogP contribution < -0.4 is 0 Å². The summed E-state index contributed by atoms with van der Waals surface area (Å²) in [7, 11) is -3.13. The molecule has 2 heterocycles. The third-order valence-electron chi connectivity index (χ3n) is 3.45. The van der Waals surface area contributed by atoms with E-state index in [2.05, 4.69) is 17.1 Å². The smallest absolute Gasteiger partial charge is 0.211 e. The molecule has 19 heavy (non-hydrogen) atoms. The Balaban J connectivity index is 2.25. The summed E-state index contributed by atoms with van der Waals surface area (Å²) in [6.07, 6.45) is 4.06. The van der Waals surface area contributed by atoms with Crippen molar-refractivity contribution in [3.63, 3.8) is 0 Å². The van der Waals surface area contributed by atoms with E-state index >= 15 is 0 Å². The Kier molecular flexibility index (Phi) is 4.42. The molecule has 6 nitrogen and oxygen atoms in total. The summed E-state index contributed by atoms with van der Waals surface area (Å²) in [6, 6.07) is 0. The van der Waals surface area contributed by atoms with E-state index in [0.717, 1.165) is 31.6 Å². The van der Waals surface area contributed by atoms with Gasteiger partial charge in [-0.05, 0) is 31.5 Å². The lowest BCUT2D eigenvalue weighted by atomic mass is 9.99. The number of rotatable bonds is 4. The molecule has 0 aliphatic carbocycles. The number of aromatic nitrogens is 3. The second-order valence-corrected chi connectivity index (χ2v) is 7.37. The molecule has 1 saturated heterocycles. The van der Waals surface area contributed by atoms with Gasteiger partial charge in [0.25, 0.3) is 0 Å². The fourth-order valence-electron chi connectivity index (χ4n) is 2.54. The number of hydrogen-bond acceptors (Lipinski definition) is 4. The predicted octanol–water partition coefficient (Wildman–Crippen LogP) is 1.49. The maximum atomic E-state index is 11.6. The van der Waals surface area contributed by atoms with E-state index in [9.17, 15) is 8.42 Å². The minimum atomic E-state index is -3.13. The molecule has 0 bridgehead atoms. The highest BCUT2D eigenvalue weighted by Gasteiger charge is 2.29. The molecule has 1 fully saturated rings. The molecule has 1 aromatic rings. The van der Waals surface area contributed by atoms with Gasteiger partial charge in [-0.15, -0.1) is 0 Å². The van der Waals surface area contributed by atoms with Crippen molar-refractivity contribution in [2.24, 2.45) is 0 Å². The Morgan fingerprint density at radius 3 is 2.89 bits per heavy atom. The molecule has 0 amide bonds. The Morgan fingerprint density at radius 2 is 2.26 bits per heavy atom. The van der Waals surface area contributed by atoms with Gasteiger partial charge in [0.2, 0.25) is 10.0 Å². The summed E-state index contributed by atoms with van der Waals surface area (Å²) in [5.74, 6) is 1.02. The summed E-state index contributed by atoms with van der Waals surface area (Å²) < 4.78 is 27.4. The minimum absolute atomic E-state index is 0.128. The highest BCUT2D eigenvalue weighted by molar-refractivity contribution is 7.88. The monoisotopic (exact) mass is 304 g/mol. The third-order valence-corrected chi connectivity index (χ3v) is 5.03. The molecular formula is C11H20N4O2S2. The molecule has 0 saturated carbocycles. The van der Waals surface area contributed by atoms with Crippen LogP contribution >= 0.6 is 12.2 Å². The molecule has 1 aromatic heterocycles. The van der Waals surface area contributed by atoms with E-state index in [1.807, 2.05) is 4.57 Å². The quantitative estimate of drug-likeness (QED) is 0.856. The standard InChI is InChI=1S/C11H20N4O2S2/c1-3-6-15-10(12-13-11(15)18)9-5-4-7-14(8-9)19(2,16)17/h9H,3-8H2,1-2H3,(H,13,18). The number of piperidine rings is 1. The fourth-order valence-corrected chi connectivity index (χ4v) is 3.68. The van der Waals surface area contributed by atoms with Gasteiger partial charge >= 0.3 is 0 Å². The van der Waals surface area contributed by atoms with Crippen LogP contribution in [0.15, 0.2) is 0 Å². The number of nitrogens with one attached hydrogen (secondary N) is 1. The number of aromatic amines is 1. The molecule has 1 atom stereocenters. The second-order valence-electron chi connectivity index (χ2n) is 5.00. The predicted molar refractivity (Wildman–Crippen MR) is 76.1 cm³/mol. The van der Waals surface area contributed by atoms with E-state index in [0.29, 0.717) is 17.9 Å². The zero-order chi connectivity index (χ0) is 14.0. The van der Waals surface area contributed by atoms with Crippen LogP contribution in [0.25, 0.3) is 0 Å². The topological polar surface area (TPSA) is 71.0 Å². The van der Waals surface area contributed by atoms with Gasteiger partial charge in [-0.1, -0.05) is 6.92 Å². The molecule has 108 valence electrons. The molecule has 1 aliphatic heterocycles. The van der Waals surface area contributed by atoms with Crippen molar-refractivity contribution in [1.29, 1.82) is 0 Å². The maximum Gasteiger partial charge on any atom is 0.211 e. The van der Waals surface area contributed by atoms with Crippen molar-refractivity contribution in [3.8, 4) is 0 Å². The van der Waals surface area contributed by atoms with Crippen molar-refractivity contribution >= 4 is 22.2 Å². The van der Waals surface area contributed by atoms with Crippen LogP contribution in [0.4, 0.5) is 0 Å².